The maximum atomic E-state index is 14.0. The molecule has 3 N–H and O–H groups in total. The van der Waals surface area contributed by atoms with Crippen molar-refractivity contribution in [3.63, 3.8) is 0 Å². The Hall–Kier alpha value is -5.21. The number of hydrogen-bond donors (Lipinski definition) is 3. The summed E-state index contributed by atoms with van der Waals surface area (Å²) in [5, 5.41) is 12.1. The zero-order chi connectivity index (χ0) is 29.6. The van der Waals surface area contributed by atoms with Crippen molar-refractivity contribution in [3.05, 3.63) is 132 Å². The number of aryl methyl sites for hydroxylation is 1. The minimum atomic E-state index is -0.475. The van der Waals surface area contributed by atoms with Gasteiger partial charge in [-0.1, -0.05) is 60.7 Å². The monoisotopic (exact) mass is 570 g/mol. The molecule has 216 valence electrons. The Balaban J connectivity index is 1.11. The molecule has 8 nitrogen and oxygen atoms in total. The number of aromatic amines is 1. The maximum absolute atomic E-state index is 14.0. The molecular formula is C35H34N6O2. The summed E-state index contributed by atoms with van der Waals surface area (Å²) in [5.74, 6) is 1.69. The largest absolute Gasteiger partial charge is 0.497 e. The van der Waals surface area contributed by atoms with Crippen LogP contribution in [0.25, 0.3) is 22.0 Å². The number of methoxy groups -OCH3 is 1. The number of carbonyl (C=O) groups is 1. The van der Waals surface area contributed by atoms with Gasteiger partial charge in [0.25, 0.3) is 0 Å². The molecule has 3 aromatic heterocycles. The third-order valence-electron chi connectivity index (χ3n) is 7.60. The summed E-state index contributed by atoms with van der Waals surface area (Å²) in [4.78, 5) is 21.9. The second-order valence-electron chi connectivity index (χ2n) is 10.5. The summed E-state index contributed by atoms with van der Waals surface area (Å²) >= 11 is 0. The number of nitrogens with one attached hydrogen (secondary N) is 3. The number of Topliss-reactive ketones (excluding diaryl/α,β-unsaturated/α-hetero) is 1. The quantitative estimate of drug-likeness (QED) is 0.149. The van der Waals surface area contributed by atoms with E-state index in [0.717, 1.165) is 56.7 Å². The number of fused-ring (bicyclic) bond motifs is 1. The molecular weight excluding hydrogens is 536 g/mol. The van der Waals surface area contributed by atoms with E-state index in [9.17, 15) is 4.79 Å². The van der Waals surface area contributed by atoms with Crippen LogP contribution in [-0.2, 0) is 20.0 Å². The van der Waals surface area contributed by atoms with Crippen LogP contribution in [0.1, 0.15) is 33.1 Å². The van der Waals surface area contributed by atoms with E-state index >= 15 is 0 Å². The van der Waals surface area contributed by atoms with E-state index in [1.807, 2.05) is 105 Å². The Kier molecular flexibility index (Phi) is 8.28. The number of benzene rings is 3. The van der Waals surface area contributed by atoms with Gasteiger partial charge in [-0.25, -0.2) is 4.98 Å². The van der Waals surface area contributed by atoms with Gasteiger partial charge in [0.15, 0.2) is 5.78 Å². The number of anilines is 1. The van der Waals surface area contributed by atoms with E-state index in [0.29, 0.717) is 18.7 Å². The molecule has 8 heteroatoms. The molecule has 43 heavy (non-hydrogen) atoms. The van der Waals surface area contributed by atoms with E-state index in [1.54, 1.807) is 11.8 Å². The fourth-order valence-corrected chi connectivity index (χ4v) is 5.22. The molecule has 0 saturated heterocycles. The highest BCUT2D eigenvalue weighted by atomic mass is 16.5. The molecule has 0 saturated carbocycles. The van der Waals surface area contributed by atoms with Crippen LogP contribution in [0, 0.1) is 0 Å². The zero-order valence-corrected chi connectivity index (χ0v) is 24.2. The van der Waals surface area contributed by atoms with Gasteiger partial charge in [0, 0.05) is 60.8 Å². The number of pyridine rings is 1. The lowest BCUT2D eigenvalue weighted by atomic mass is 9.96. The molecule has 6 rings (SSSR count). The summed E-state index contributed by atoms with van der Waals surface area (Å²) in [6, 6.07) is 27.6. The molecule has 0 spiro atoms. The minimum absolute atomic E-state index is 0.0304. The smallest absolute Gasteiger partial charge is 0.186 e. The van der Waals surface area contributed by atoms with Crippen molar-refractivity contribution in [2.24, 2.45) is 7.05 Å². The van der Waals surface area contributed by atoms with E-state index in [1.165, 1.54) is 0 Å². The number of carbonyl (C=O) groups excluding carboxylic acids is 1. The van der Waals surface area contributed by atoms with Crippen molar-refractivity contribution in [1.82, 2.24) is 25.1 Å². The van der Waals surface area contributed by atoms with Crippen molar-refractivity contribution in [2.45, 2.75) is 19.0 Å². The lowest BCUT2D eigenvalue weighted by Crippen LogP contribution is -2.30. The van der Waals surface area contributed by atoms with Crippen LogP contribution in [0.15, 0.2) is 110 Å². The van der Waals surface area contributed by atoms with Crippen LogP contribution in [0.4, 0.5) is 5.82 Å². The summed E-state index contributed by atoms with van der Waals surface area (Å²) in [7, 11) is 3.57. The Morgan fingerprint density at radius 2 is 1.77 bits per heavy atom. The lowest BCUT2D eigenvalue weighted by Gasteiger charge is -2.18. The van der Waals surface area contributed by atoms with Crippen molar-refractivity contribution < 1.29 is 9.53 Å². The molecule has 0 aliphatic heterocycles. The Morgan fingerprint density at radius 1 is 0.953 bits per heavy atom. The molecule has 0 aliphatic carbocycles. The molecule has 0 fully saturated rings. The van der Waals surface area contributed by atoms with Crippen molar-refractivity contribution in [3.8, 4) is 16.9 Å². The molecule has 0 amide bonds. The summed E-state index contributed by atoms with van der Waals surface area (Å²) in [6.45, 7) is 1.30. The summed E-state index contributed by atoms with van der Waals surface area (Å²) in [5.41, 5.74) is 6.85. The third kappa shape index (κ3) is 6.50. The Morgan fingerprint density at radius 3 is 2.49 bits per heavy atom. The average molecular weight is 571 g/mol. The highest BCUT2D eigenvalue weighted by Crippen LogP contribution is 2.29. The minimum Gasteiger partial charge on any atom is -0.497 e. The third-order valence-corrected chi connectivity index (χ3v) is 7.60. The fourth-order valence-electron chi connectivity index (χ4n) is 5.22. The van der Waals surface area contributed by atoms with Gasteiger partial charge in [-0.3, -0.25) is 9.48 Å². The summed E-state index contributed by atoms with van der Waals surface area (Å²) in [6.07, 6.45) is 8.27. The predicted molar refractivity (Wildman–Crippen MR) is 170 cm³/mol. The highest BCUT2D eigenvalue weighted by Gasteiger charge is 2.24. The standard InChI is InChI=1S/C35H34N6O2/c1-41-23-28(21-40-41)27-11-14-30-31(22-37-32(30)18-27)35(42)34(26-6-4-3-5-7-26)36-17-16-25-10-15-33(39-20-25)38-19-24-8-12-29(43-2)13-9-24/h3-15,18,20-23,34,36-37H,16-17,19H2,1-2H3,(H,38,39). The zero-order valence-electron chi connectivity index (χ0n) is 24.2. The molecule has 0 aliphatic rings. The normalized spacial score (nSPS) is 11.9. The van der Waals surface area contributed by atoms with E-state index < -0.39 is 6.04 Å². The number of hydrogen-bond acceptors (Lipinski definition) is 6. The van der Waals surface area contributed by atoms with E-state index in [2.05, 4.69) is 37.8 Å². The molecule has 0 bridgehead atoms. The number of aromatic nitrogens is 4. The van der Waals surface area contributed by atoms with Crippen LogP contribution in [-0.4, -0.2) is 39.2 Å². The van der Waals surface area contributed by atoms with Gasteiger partial charge in [0.1, 0.15) is 11.6 Å². The van der Waals surface area contributed by atoms with Gasteiger partial charge in [-0.15, -0.1) is 0 Å². The van der Waals surface area contributed by atoms with E-state index in [-0.39, 0.29) is 5.78 Å². The molecule has 3 aromatic carbocycles. The molecule has 6 aromatic rings. The highest BCUT2D eigenvalue weighted by molar-refractivity contribution is 6.11. The molecule has 1 atom stereocenters. The van der Waals surface area contributed by atoms with Crippen molar-refractivity contribution in [1.29, 1.82) is 0 Å². The first kappa shape index (κ1) is 27.9. The molecule has 3 heterocycles. The second-order valence-corrected chi connectivity index (χ2v) is 10.5. The molecule has 1 unspecified atom stereocenters. The predicted octanol–water partition coefficient (Wildman–Crippen LogP) is 6.34. The number of rotatable bonds is 12. The second kappa shape index (κ2) is 12.8. The Bertz CT molecular complexity index is 1810. The fraction of sp³-hybridized carbons (Fsp3) is 0.171. The lowest BCUT2D eigenvalue weighted by molar-refractivity contribution is 0.0945. The Labute approximate surface area is 250 Å². The van der Waals surface area contributed by atoms with Crippen LogP contribution in [0.3, 0.4) is 0 Å². The van der Waals surface area contributed by atoms with Crippen molar-refractivity contribution in [2.75, 3.05) is 19.0 Å². The first-order valence-corrected chi connectivity index (χ1v) is 14.3. The average Bonchev–Trinajstić information content (AvgIpc) is 3.69. The van der Waals surface area contributed by atoms with Crippen LogP contribution < -0.4 is 15.4 Å². The van der Waals surface area contributed by atoms with Gasteiger partial charge in [-0.05, 0) is 52.9 Å². The number of ether oxygens (including phenoxy) is 1. The SMILES string of the molecule is COc1ccc(CNc2ccc(CCNC(C(=O)c3c[nH]c4cc(-c5cnn(C)c5)ccc34)c3ccccc3)cn2)cc1. The first-order chi connectivity index (χ1) is 21.1. The number of nitrogens with zero attached hydrogens (tertiary/aromatic N) is 3. The number of H-pyrrole nitrogens is 1. The molecule has 0 radical (unpaired) electrons. The van der Waals surface area contributed by atoms with Crippen LogP contribution in [0.5, 0.6) is 5.75 Å². The van der Waals surface area contributed by atoms with Gasteiger partial charge < -0.3 is 20.4 Å². The van der Waals surface area contributed by atoms with E-state index in [4.69, 9.17) is 4.74 Å². The van der Waals surface area contributed by atoms with Crippen LogP contribution in [0.2, 0.25) is 0 Å². The van der Waals surface area contributed by atoms with Crippen LogP contribution >= 0.6 is 0 Å². The topological polar surface area (TPSA) is 96.9 Å². The van der Waals surface area contributed by atoms with Gasteiger partial charge >= 0.3 is 0 Å². The van der Waals surface area contributed by atoms with Gasteiger partial charge in [0.05, 0.1) is 19.3 Å². The first-order valence-electron chi connectivity index (χ1n) is 14.3. The maximum Gasteiger partial charge on any atom is 0.186 e. The van der Waals surface area contributed by atoms with Gasteiger partial charge in [0.2, 0.25) is 0 Å². The van der Waals surface area contributed by atoms with Gasteiger partial charge in [-0.2, -0.15) is 5.10 Å². The summed E-state index contributed by atoms with van der Waals surface area (Å²) < 4.78 is 7.01. The van der Waals surface area contributed by atoms with Crippen molar-refractivity contribution >= 4 is 22.5 Å². The number of ketones is 1.